The molecule has 0 bridgehead atoms. The Bertz CT molecular complexity index is 1060. The second kappa shape index (κ2) is 10.2. The maximum absolute atomic E-state index is 12.5. The first-order chi connectivity index (χ1) is 15.5. The van der Waals surface area contributed by atoms with Crippen LogP contribution in [0.4, 0.5) is 11.4 Å². The number of rotatable bonds is 7. The normalized spacial score (nSPS) is 14.5. The van der Waals surface area contributed by atoms with Gasteiger partial charge in [0.1, 0.15) is 6.33 Å². The maximum Gasteiger partial charge on any atom is 0.234 e. The molecule has 1 aromatic heterocycles. The predicted octanol–water partition coefficient (Wildman–Crippen LogP) is 3.76. The number of carbonyl (C=O) groups is 1. The fourth-order valence-corrected chi connectivity index (χ4v) is 4.69. The Kier molecular flexibility index (Phi) is 7.12. The average Bonchev–Trinajstić information content (AvgIpc) is 3.27. The number of benzene rings is 2. The van der Waals surface area contributed by atoms with Crippen LogP contribution in [-0.2, 0) is 4.79 Å². The molecular weight excluding hydrogens is 420 g/mol. The fraction of sp³-hybridized carbons (Fsp3) is 0.375. The summed E-state index contributed by atoms with van der Waals surface area (Å²) < 4.78 is 1.93. The lowest BCUT2D eigenvalue weighted by Gasteiger charge is -2.35. The number of anilines is 2. The Balaban J connectivity index is 1.32. The number of carbonyl (C=O) groups excluding carboxylic acids is 1. The summed E-state index contributed by atoms with van der Waals surface area (Å²) in [5.41, 5.74) is 5.39. The number of amides is 1. The summed E-state index contributed by atoms with van der Waals surface area (Å²) in [4.78, 5) is 17.4. The summed E-state index contributed by atoms with van der Waals surface area (Å²) in [6.07, 6.45) is 1.69. The topological polar surface area (TPSA) is 66.3 Å². The molecule has 1 aliphatic rings. The molecule has 0 unspecified atom stereocenters. The summed E-state index contributed by atoms with van der Waals surface area (Å²) >= 11 is 1.38. The third kappa shape index (κ3) is 5.31. The first-order valence-corrected chi connectivity index (χ1v) is 12.0. The molecule has 1 amide bonds. The molecule has 0 radical (unpaired) electrons. The van der Waals surface area contributed by atoms with Crippen LogP contribution < -0.4 is 10.2 Å². The second-order valence-corrected chi connectivity index (χ2v) is 9.02. The quantitative estimate of drug-likeness (QED) is 0.553. The minimum Gasteiger partial charge on any atom is -0.369 e. The van der Waals surface area contributed by atoms with Crippen molar-refractivity contribution in [3.8, 4) is 5.69 Å². The Labute approximate surface area is 193 Å². The van der Waals surface area contributed by atoms with Crippen molar-refractivity contribution in [3.05, 3.63) is 59.9 Å². The van der Waals surface area contributed by atoms with Crippen LogP contribution in [-0.4, -0.2) is 64.0 Å². The number of aryl methyl sites for hydroxylation is 2. The van der Waals surface area contributed by atoms with Gasteiger partial charge in [0.15, 0.2) is 5.16 Å². The number of hydrogen-bond donors (Lipinski definition) is 1. The van der Waals surface area contributed by atoms with Gasteiger partial charge in [-0.2, -0.15) is 0 Å². The predicted molar refractivity (Wildman–Crippen MR) is 131 cm³/mol. The second-order valence-electron chi connectivity index (χ2n) is 8.08. The van der Waals surface area contributed by atoms with Crippen molar-refractivity contribution < 1.29 is 4.79 Å². The van der Waals surface area contributed by atoms with Gasteiger partial charge in [0.05, 0.1) is 11.4 Å². The molecule has 0 atom stereocenters. The van der Waals surface area contributed by atoms with Crippen molar-refractivity contribution >= 4 is 29.0 Å². The van der Waals surface area contributed by atoms with E-state index in [9.17, 15) is 4.79 Å². The highest BCUT2D eigenvalue weighted by atomic mass is 32.2. The van der Waals surface area contributed by atoms with Gasteiger partial charge in [-0.25, -0.2) is 0 Å². The molecule has 8 heteroatoms. The van der Waals surface area contributed by atoms with Crippen LogP contribution in [0.1, 0.15) is 18.1 Å². The van der Waals surface area contributed by atoms with E-state index in [1.165, 1.54) is 23.0 Å². The molecule has 1 fully saturated rings. The molecule has 7 nitrogen and oxygen atoms in total. The van der Waals surface area contributed by atoms with Gasteiger partial charge < -0.3 is 15.1 Å². The Hall–Kier alpha value is -2.84. The van der Waals surface area contributed by atoms with Crippen molar-refractivity contribution in [2.24, 2.45) is 0 Å². The third-order valence-electron chi connectivity index (χ3n) is 5.80. The third-order valence-corrected chi connectivity index (χ3v) is 6.74. The molecule has 1 saturated heterocycles. The van der Waals surface area contributed by atoms with E-state index in [-0.39, 0.29) is 11.7 Å². The minimum absolute atomic E-state index is 0.0607. The van der Waals surface area contributed by atoms with E-state index in [0.29, 0.717) is 5.16 Å². The molecular formula is C24H30N6OS. The molecule has 2 heterocycles. The number of hydrogen-bond acceptors (Lipinski definition) is 6. The molecule has 2 aromatic carbocycles. The number of aromatic nitrogens is 3. The van der Waals surface area contributed by atoms with Crippen molar-refractivity contribution in [1.29, 1.82) is 0 Å². The lowest BCUT2D eigenvalue weighted by atomic mass is 10.1. The van der Waals surface area contributed by atoms with Gasteiger partial charge in [0.25, 0.3) is 0 Å². The van der Waals surface area contributed by atoms with Crippen LogP contribution in [0.3, 0.4) is 0 Å². The van der Waals surface area contributed by atoms with Gasteiger partial charge in [-0.15, -0.1) is 10.2 Å². The van der Waals surface area contributed by atoms with Crippen LogP contribution >= 0.6 is 11.8 Å². The summed E-state index contributed by atoms with van der Waals surface area (Å²) in [6.45, 7) is 11.7. The molecule has 1 aliphatic heterocycles. The van der Waals surface area contributed by atoms with E-state index in [1.807, 2.05) is 16.7 Å². The Morgan fingerprint density at radius 3 is 2.50 bits per heavy atom. The first kappa shape index (κ1) is 22.4. The summed E-state index contributed by atoms with van der Waals surface area (Å²) in [6, 6.07) is 14.4. The van der Waals surface area contributed by atoms with E-state index in [0.717, 1.165) is 49.7 Å². The van der Waals surface area contributed by atoms with Crippen molar-refractivity contribution in [3.63, 3.8) is 0 Å². The monoisotopic (exact) mass is 450 g/mol. The molecule has 4 rings (SSSR count). The average molecular weight is 451 g/mol. The standard InChI is InChI=1S/C24H30N6OS/c1-4-28-11-13-29(14-12-28)21-8-6-20(7-9-21)26-23(31)16-32-24-27-25-17-30(24)22-10-5-18(2)15-19(22)3/h5-10,15,17H,4,11-14,16H2,1-3H3,(H,26,31). The number of nitrogens with one attached hydrogen (secondary N) is 1. The van der Waals surface area contributed by atoms with Gasteiger partial charge in [-0.1, -0.05) is 36.4 Å². The smallest absolute Gasteiger partial charge is 0.234 e. The Morgan fingerprint density at radius 2 is 1.81 bits per heavy atom. The minimum atomic E-state index is -0.0607. The largest absolute Gasteiger partial charge is 0.369 e. The van der Waals surface area contributed by atoms with Gasteiger partial charge in [0.2, 0.25) is 5.91 Å². The van der Waals surface area contributed by atoms with E-state index in [1.54, 1.807) is 6.33 Å². The first-order valence-electron chi connectivity index (χ1n) is 11.0. The van der Waals surface area contributed by atoms with E-state index in [4.69, 9.17) is 0 Å². The highest BCUT2D eigenvalue weighted by Crippen LogP contribution is 2.23. The molecule has 0 aliphatic carbocycles. The summed E-state index contributed by atoms with van der Waals surface area (Å²) in [5.74, 6) is 0.208. The molecule has 0 spiro atoms. The molecule has 32 heavy (non-hydrogen) atoms. The van der Waals surface area contributed by atoms with Crippen LogP contribution in [0.15, 0.2) is 53.9 Å². The van der Waals surface area contributed by atoms with Crippen molar-refractivity contribution in [2.75, 3.05) is 48.7 Å². The molecule has 1 N–H and O–H groups in total. The zero-order valence-corrected chi connectivity index (χ0v) is 19.7. The lowest BCUT2D eigenvalue weighted by molar-refractivity contribution is -0.113. The lowest BCUT2D eigenvalue weighted by Crippen LogP contribution is -2.46. The number of thioether (sulfide) groups is 1. The molecule has 168 valence electrons. The van der Waals surface area contributed by atoms with Gasteiger partial charge in [-0.05, 0) is 56.3 Å². The fourth-order valence-electron chi connectivity index (χ4n) is 3.97. The van der Waals surface area contributed by atoms with Gasteiger partial charge >= 0.3 is 0 Å². The zero-order valence-electron chi connectivity index (χ0n) is 18.9. The SMILES string of the molecule is CCN1CCN(c2ccc(NC(=O)CSc3nncn3-c3ccc(C)cc3C)cc2)CC1. The van der Waals surface area contributed by atoms with E-state index < -0.39 is 0 Å². The number of likely N-dealkylation sites (N-methyl/N-ethyl adjacent to an activating group) is 1. The van der Waals surface area contributed by atoms with Crippen LogP contribution in [0.5, 0.6) is 0 Å². The van der Waals surface area contributed by atoms with Crippen LogP contribution in [0.25, 0.3) is 5.69 Å². The van der Waals surface area contributed by atoms with Crippen LogP contribution in [0.2, 0.25) is 0 Å². The molecule has 3 aromatic rings. The highest BCUT2D eigenvalue weighted by Gasteiger charge is 2.16. The van der Waals surface area contributed by atoms with Crippen molar-refractivity contribution in [2.45, 2.75) is 25.9 Å². The van der Waals surface area contributed by atoms with Crippen LogP contribution in [0, 0.1) is 13.8 Å². The van der Waals surface area contributed by atoms with Gasteiger partial charge in [-0.3, -0.25) is 9.36 Å². The van der Waals surface area contributed by atoms with Crippen molar-refractivity contribution in [1.82, 2.24) is 19.7 Å². The highest BCUT2D eigenvalue weighted by molar-refractivity contribution is 7.99. The maximum atomic E-state index is 12.5. The zero-order chi connectivity index (χ0) is 22.5. The number of nitrogens with zero attached hydrogens (tertiary/aromatic N) is 5. The molecule has 0 saturated carbocycles. The Morgan fingerprint density at radius 1 is 1.06 bits per heavy atom. The van der Waals surface area contributed by atoms with Gasteiger partial charge in [0, 0.05) is 37.6 Å². The summed E-state index contributed by atoms with van der Waals surface area (Å²) in [5, 5.41) is 11.9. The summed E-state index contributed by atoms with van der Waals surface area (Å²) in [7, 11) is 0. The van der Waals surface area contributed by atoms with E-state index >= 15 is 0 Å². The number of piperazine rings is 1. The van der Waals surface area contributed by atoms with E-state index in [2.05, 4.69) is 76.4 Å².